The van der Waals surface area contributed by atoms with Crippen LogP contribution >= 0.6 is 11.3 Å². The largest absolute Gasteiger partial charge is 0.302 e. The summed E-state index contributed by atoms with van der Waals surface area (Å²) in [5, 5.41) is 13.4. The first-order valence-electron chi connectivity index (χ1n) is 5.49. The van der Waals surface area contributed by atoms with Gasteiger partial charge in [0.15, 0.2) is 11.4 Å². The molecule has 0 aliphatic rings. The van der Waals surface area contributed by atoms with E-state index in [1.54, 1.807) is 0 Å². The smallest absolute Gasteiger partial charge is 0.269 e. The second-order valence-corrected chi connectivity index (χ2v) is 4.87. The Morgan fingerprint density at radius 1 is 1.40 bits per heavy atom. The highest BCUT2D eigenvalue weighted by Crippen LogP contribution is 2.30. The number of nitrogens with one attached hydrogen (secondary N) is 1. The topological polar surface area (TPSA) is 102 Å². The molecule has 8 heteroatoms. The number of aldehydes is 1. The SMILES string of the molecule is CC(=O)Nc1nc(-c2ccc([N+](=O)[O-])cc2)c(C=O)s1. The van der Waals surface area contributed by atoms with Crippen LogP contribution in [0.4, 0.5) is 10.8 Å². The number of nitrogens with zero attached hydrogens (tertiary/aromatic N) is 2. The van der Waals surface area contributed by atoms with E-state index in [9.17, 15) is 19.7 Å². The summed E-state index contributed by atoms with van der Waals surface area (Å²) in [7, 11) is 0. The van der Waals surface area contributed by atoms with Gasteiger partial charge in [-0.2, -0.15) is 0 Å². The quantitative estimate of drug-likeness (QED) is 0.529. The van der Waals surface area contributed by atoms with E-state index in [0.717, 1.165) is 11.3 Å². The fourth-order valence-electron chi connectivity index (χ4n) is 1.56. The molecule has 0 bridgehead atoms. The normalized spacial score (nSPS) is 10.1. The zero-order chi connectivity index (χ0) is 14.7. The minimum Gasteiger partial charge on any atom is -0.302 e. The molecule has 0 unspecified atom stereocenters. The number of carbonyl (C=O) groups is 2. The fourth-order valence-corrected chi connectivity index (χ4v) is 2.41. The first kappa shape index (κ1) is 13.8. The molecule has 1 aromatic heterocycles. The number of hydrogen-bond acceptors (Lipinski definition) is 6. The first-order valence-corrected chi connectivity index (χ1v) is 6.31. The highest BCUT2D eigenvalue weighted by Gasteiger charge is 2.14. The van der Waals surface area contributed by atoms with E-state index < -0.39 is 4.92 Å². The summed E-state index contributed by atoms with van der Waals surface area (Å²) in [5.41, 5.74) is 0.924. The average molecular weight is 291 g/mol. The zero-order valence-electron chi connectivity index (χ0n) is 10.3. The Balaban J connectivity index is 2.40. The molecular weight excluding hydrogens is 282 g/mol. The molecule has 0 saturated carbocycles. The summed E-state index contributed by atoms with van der Waals surface area (Å²) in [6, 6.07) is 5.69. The number of nitro groups is 1. The number of amides is 1. The first-order chi connectivity index (χ1) is 9.51. The lowest BCUT2D eigenvalue weighted by atomic mass is 10.1. The van der Waals surface area contributed by atoms with Crippen LogP contribution in [0.25, 0.3) is 11.3 Å². The van der Waals surface area contributed by atoms with Crippen molar-refractivity contribution in [3.05, 3.63) is 39.3 Å². The second-order valence-electron chi connectivity index (χ2n) is 3.83. The maximum atomic E-state index is 11.0. The Bertz CT molecular complexity index is 679. The molecule has 1 amide bonds. The third-order valence-corrected chi connectivity index (χ3v) is 3.29. The van der Waals surface area contributed by atoms with Crippen LogP contribution in [0, 0.1) is 10.1 Å². The van der Waals surface area contributed by atoms with Crippen molar-refractivity contribution in [3.63, 3.8) is 0 Å². The van der Waals surface area contributed by atoms with Crippen molar-refractivity contribution in [1.82, 2.24) is 4.98 Å². The number of thiazole rings is 1. The molecule has 0 aliphatic heterocycles. The van der Waals surface area contributed by atoms with Gasteiger partial charge in [0.05, 0.1) is 15.5 Å². The molecule has 0 fully saturated rings. The van der Waals surface area contributed by atoms with E-state index in [1.807, 2.05) is 0 Å². The van der Waals surface area contributed by atoms with Crippen LogP contribution in [-0.4, -0.2) is 22.1 Å². The van der Waals surface area contributed by atoms with Crippen molar-refractivity contribution in [2.45, 2.75) is 6.92 Å². The number of anilines is 1. The van der Waals surface area contributed by atoms with Gasteiger partial charge >= 0.3 is 0 Å². The molecule has 20 heavy (non-hydrogen) atoms. The van der Waals surface area contributed by atoms with Crippen molar-refractivity contribution < 1.29 is 14.5 Å². The molecule has 102 valence electrons. The standard InChI is InChI=1S/C12H9N3O4S/c1-7(17)13-12-14-11(10(6-16)20-12)8-2-4-9(5-3-8)15(18)19/h2-6H,1H3,(H,13,14,17). The van der Waals surface area contributed by atoms with E-state index >= 15 is 0 Å². The summed E-state index contributed by atoms with van der Waals surface area (Å²) >= 11 is 1.05. The molecule has 2 rings (SSSR count). The van der Waals surface area contributed by atoms with E-state index in [0.29, 0.717) is 27.6 Å². The van der Waals surface area contributed by atoms with Gasteiger partial charge < -0.3 is 5.32 Å². The van der Waals surface area contributed by atoms with Gasteiger partial charge in [0.2, 0.25) is 5.91 Å². The Hall–Kier alpha value is -2.61. The highest BCUT2D eigenvalue weighted by atomic mass is 32.1. The van der Waals surface area contributed by atoms with Gasteiger partial charge in [0.25, 0.3) is 5.69 Å². The van der Waals surface area contributed by atoms with Crippen molar-refractivity contribution in [1.29, 1.82) is 0 Å². The van der Waals surface area contributed by atoms with E-state index in [1.165, 1.54) is 31.2 Å². The molecule has 1 N–H and O–H groups in total. The van der Waals surface area contributed by atoms with Gasteiger partial charge in [-0.15, -0.1) is 0 Å². The van der Waals surface area contributed by atoms with Gasteiger partial charge in [-0.1, -0.05) is 11.3 Å². The number of rotatable bonds is 4. The number of carbonyl (C=O) groups excluding carboxylic acids is 2. The molecule has 0 atom stereocenters. The van der Waals surface area contributed by atoms with Crippen LogP contribution in [0.5, 0.6) is 0 Å². The third kappa shape index (κ3) is 2.86. The van der Waals surface area contributed by atoms with Gasteiger partial charge in [0.1, 0.15) is 0 Å². The Labute approximate surface area is 117 Å². The maximum absolute atomic E-state index is 11.0. The van der Waals surface area contributed by atoms with Gasteiger partial charge in [0, 0.05) is 24.6 Å². The van der Waals surface area contributed by atoms with Gasteiger partial charge in [-0.3, -0.25) is 19.7 Å². The van der Waals surface area contributed by atoms with Crippen molar-refractivity contribution >= 4 is 34.3 Å². The van der Waals surface area contributed by atoms with Crippen molar-refractivity contribution in [2.75, 3.05) is 5.32 Å². The lowest BCUT2D eigenvalue weighted by Gasteiger charge is -1.98. The van der Waals surface area contributed by atoms with Crippen molar-refractivity contribution in [2.24, 2.45) is 0 Å². The maximum Gasteiger partial charge on any atom is 0.269 e. The molecule has 1 heterocycles. The summed E-state index contributed by atoms with van der Waals surface area (Å²) in [6.45, 7) is 1.34. The number of benzene rings is 1. The number of nitro benzene ring substituents is 1. The molecule has 1 aromatic carbocycles. The summed E-state index contributed by atoms with van der Waals surface area (Å²) in [6.07, 6.45) is 0.639. The summed E-state index contributed by atoms with van der Waals surface area (Å²) in [5.74, 6) is -0.286. The summed E-state index contributed by atoms with van der Waals surface area (Å²) < 4.78 is 0. The molecular formula is C12H9N3O4S. The van der Waals surface area contributed by atoms with Crippen LogP contribution in [0.3, 0.4) is 0 Å². The molecule has 7 nitrogen and oxygen atoms in total. The predicted octanol–water partition coefficient (Wildman–Crippen LogP) is 2.49. The molecule has 0 saturated heterocycles. The zero-order valence-corrected chi connectivity index (χ0v) is 11.1. The van der Waals surface area contributed by atoms with Crippen LogP contribution in [-0.2, 0) is 4.79 Å². The fraction of sp³-hybridized carbons (Fsp3) is 0.0833. The molecule has 0 radical (unpaired) electrons. The van der Waals surface area contributed by atoms with Crippen molar-refractivity contribution in [3.8, 4) is 11.3 Å². The minimum absolute atomic E-state index is 0.0429. The second kappa shape index (κ2) is 5.57. The van der Waals surface area contributed by atoms with E-state index in [-0.39, 0.29) is 11.6 Å². The average Bonchev–Trinajstić information content (AvgIpc) is 2.81. The number of hydrogen-bond donors (Lipinski definition) is 1. The Kier molecular flexibility index (Phi) is 3.85. The molecule has 2 aromatic rings. The Morgan fingerprint density at radius 3 is 2.55 bits per heavy atom. The van der Waals surface area contributed by atoms with E-state index in [2.05, 4.69) is 10.3 Å². The predicted molar refractivity (Wildman–Crippen MR) is 73.9 cm³/mol. The van der Waals surface area contributed by atoms with Crippen LogP contribution in [0.15, 0.2) is 24.3 Å². The number of non-ortho nitro benzene ring substituents is 1. The van der Waals surface area contributed by atoms with Crippen LogP contribution in [0.2, 0.25) is 0 Å². The number of aromatic nitrogens is 1. The highest BCUT2D eigenvalue weighted by molar-refractivity contribution is 7.17. The Morgan fingerprint density at radius 2 is 2.05 bits per heavy atom. The lowest BCUT2D eigenvalue weighted by molar-refractivity contribution is -0.384. The third-order valence-electron chi connectivity index (χ3n) is 2.39. The van der Waals surface area contributed by atoms with Gasteiger partial charge in [-0.25, -0.2) is 4.98 Å². The summed E-state index contributed by atoms with van der Waals surface area (Å²) in [4.78, 5) is 36.6. The lowest BCUT2D eigenvalue weighted by Crippen LogP contribution is -2.04. The van der Waals surface area contributed by atoms with Crippen LogP contribution in [0.1, 0.15) is 16.6 Å². The minimum atomic E-state index is -0.506. The monoisotopic (exact) mass is 291 g/mol. The van der Waals surface area contributed by atoms with Gasteiger partial charge in [-0.05, 0) is 12.1 Å². The van der Waals surface area contributed by atoms with Crippen LogP contribution < -0.4 is 5.32 Å². The molecule has 0 aliphatic carbocycles. The van der Waals surface area contributed by atoms with E-state index in [4.69, 9.17) is 0 Å². The molecule has 0 spiro atoms.